The van der Waals surface area contributed by atoms with E-state index >= 15 is 0 Å². The minimum absolute atomic E-state index is 0. The molecule has 1 aromatic carbocycles. The van der Waals surface area contributed by atoms with Gasteiger partial charge in [-0.2, -0.15) is 0 Å². The zero-order chi connectivity index (χ0) is 14.8. The summed E-state index contributed by atoms with van der Waals surface area (Å²) in [5, 5.41) is 6.29. The molecule has 5 nitrogen and oxygen atoms in total. The molecule has 118 valence electrons. The average Bonchev–Trinajstić information content (AvgIpc) is 2.93. The van der Waals surface area contributed by atoms with E-state index in [0.29, 0.717) is 5.89 Å². The first-order valence-electron chi connectivity index (χ1n) is 7.24. The van der Waals surface area contributed by atoms with Crippen LogP contribution in [-0.4, -0.2) is 17.4 Å². The van der Waals surface area contributed by atoms with Crippen LogP contribution in [0.1, 0.15) is 47.0 Å². The predicted molar refractivity (Wildman–Crippen MR) is 87.6 cm³/mol. The largest absolute Gasteiger partial charge is 0.444 e. The lowest BCUT2D eigenvalue weighted by Gasteiger charge is -2.21. The van der Waals surface area contributed by atoms with Crippen LogP contribution in [0.15, 0.2) is 28.8 Å². The van der Waals surface area contributed by atoms with Crippen LogP contribution in [0.2, 0.25) is 0 Å². The number of hydrogen-bond acceptors (Lipinski definition) is 4. The Labute approximate surface area is 135 Å². The number of halogens is 1. The van der Waals surface area contributed by atoms with Gasteiger partial charge >= 0.3 is 0 Å². The summed E-state index contributed by atoms with van der Waals surface area (Å²) in [6, 6.07) is 5.55. The standard InChI is InChI=1S/C16H19N3O2.ClH/c1-10-9-18-16(21-10)11(2)19-15(20)13-5-3-7-14-12(13)6-4-8-17-14;/h3,5,7,9,11,17H,4,6,8H2,1-2H3,(H,19,20);1H. The highest BCUT2D eigenvalue weighted by Gasteiger charge is 2.20. The van der Waals surface area contributed by atoms with Crippen LogP contribution >= 0.6 is 12.4 Å². The number of amides is 1. The van der Waals surface area contributed by atoms with E-state index in [0.717, 1.165) is 42.0 Å². The van der Waals surface area contributed by atoms with Crippen molar-refractivity contribution < 1.29 is 9.21 Å². The van der Waals surface area contributed by atoms with E-state index in [1.54, 1.807) is 6.20 Å². The third kappa shape index (κ3) is 3.25. The normalized spacial score (nSPS) is 14.3. The lowest BCUT2D eigenvalue weighted by Crippen LogP contribution is -2.28. The molecule has 0 fully saturated rings. The molecule has 0 saturated heterocycles. The number of anilines is 1. The Morgan fingerprint density at radius 3 is 3.00 bits per heavy atom. The number of aromatic nitrogens is 1. The molecule has 1 aliphatic rings. The Kier molecular flexibility index (Phi) is 5.08. The van der Waals surface area contributed by atoms with Crippen molar-refractivity contribution in [3.63, 3.8) is 0 Å². The summed E-state index contributed by atoms with van der Waals surface area (Å²) in [6.07, 6.45) is 3.64. The van der Waals surface area contributed by atoms with E-state index in [-0.39, 0.29) is 24.4 Å². The number of carbonyl (C=O) groups excluding carboxylic acids is 1. The highest BCUT2D eigenvalue weighted by molar-refractivity contribution is 5.97. The van der Waals surface area contributed by atoms with Gasteiger partial charge < -0.3 is 15.1 Å². The van der Waals surface area contributed by atoms with Gasteiger partial charge in [-0.25, -0.2) is 4.98 Å². The second kappa shape index (κ2) is 6.83. The monoisotopic (exact) mass is 321 g/mol. The molecule has 3 rings (SSSR count). The quantitative estimate of drug-likeness (QED) is 0.910. The van der Waals surface area contributed by atoms with Crippen LogP contribution in [0, 0.1) is 6.92 Å². The zero-order valence-electron chi connectivity index (χ0n) is 12.7. The molecule has 0 radical (unpaired) electrons. The molecule has 6 heteroatoms. The van der Waals surface area contributed by atoms with Gasteiger partial charge in [0.15, 0.2) is 0 Å². The summed E-state index contributed by atoms with van der Waals surface area (Å²) in [5.74, 6) is 1.19. The lowest BCUT2D eigenvalue weighted by molar-refractivity contribution is 0.0933. The number of rotatable bonds is 3. The van der Waals surface area contributed by atoms with E-state index in [4.69, 9.17) is 4.42 Å². The molecule has 1 amide bonds. The van der Waals surface area contributed by atoms with Gasteiger partial charge in [0.2, 0.25) is 5.89 Å². The second-order valence-corrected chi connectivity index (χ2v) is 5.37. The van der Waals surface area contributed by atoms with Crippen molar-refractivity contribution in [2.75, 3.05) is 11.9 Å². The van der Waals surface area contributed by atoms with Gasteiger partial charge in [-0.15, -0.1) is 12.4 Å². The number of fused-ring (bicyclic) bond motifs is 1. The Hall–Kier alpha value is -2.01. The minimum Gasteiger partial charge on any atom is -0.444 e. The molecule has 0 aliphatic carbocycles. The molecule has 0 bridgehead atoms. The Morgan fingerprint density at radius 2 is 2.27 bits per heavy atom. The third-order valence-corrected chi connectivity index (χ3v) is 3.70. The van der Waals surface area contributed by atoms with Crippen LogP contribution in [0.3, 0.4) is 0 Å². The van der Waals surface area contributed by atoms with E-state index in [2.05, 4.69) is 15.6 Å². The zero-order valence-corrected chi connectivity index (χ0v) is 13.5. The molecular formula is C16H20ClN3O2. The smallest absolute Gasteiger partial charge is 0.252 e. The number of hydrogen-bond donors (Lipinski definition) is 2. The minimum atomic E-state index is -0.251. The van der Waals surface area contributed by atoms with Crippen molar-refractivity contribution in [3.8, 4) is 0 Å². The van der Waals surface area contributed by atoms with E-state index < -0.39 is 0 Å². The predicted octanol–water partition coefficient (Wildman–Crippen LogP) is 3.25. The molecule has 1 atom stereocenters. The number of benzene rings is 1. The molecular weight excluding hydrogens is 302 g/mol. The summed E-state index contributed by atoms with van der Waals surface area (Å²) in [6.45, 7) is 4.67. The SMILES string of the molecule is Cc1cnc(C(C)NC(=O)c2cccc3c2CCCN3)o1.Cl. The fourth-order valence-electron chi connectivity index (χ4n) is 2.63. The average molecular weight is 322 g/mol. The molecule has 2 heterocycles. The highest BCUT2D eigenvalue weighted by atomic mass is 35.5. The van der Waals surface area contributed by atoms with Gasteiger partial charge in [-0.1, -0.05) is 6.07 Å². The molecule has 0 saturated carbocycles. The maximum Gasteiger partial charge on any atom is 0.252 e. The van der Waals surface area contributed by atoms with Crippen molar-refractivity contribution in [1.29, 1.82) is 0 Å². The Morgan fingerprint density at radius 1 is 1.45 bits per heavy atom. The molecule has 2 N–H and O–H groups in total. The van der Waals surface area contributed by atoms with Crippen molar-refractivity contribution in [2.45, 2.75) is 32.7 Å². The fourth-order valence-corrected chi connectivity index (χ4v) is 2.63. The first-order valence-corrected chi connectivity index (χ1v) is 7.24. The number of carbonyl (C=O) groups is 1. The number of nitrogens with one attached hydrogen (secondary N) is 2. The van der Waals surface area contributed by atoms with Gasteiger partial charge in [0.25, 0.3) is 5.91 Å². The molecule has 1 unspecified atom stereocenters. The maximum absolute atomic E-state index is 12.5. The number of nitrogens with zero attached hydrogens (tertiary/aromatic N) is 1. The summed E-state index contributed by atoms with van der Waals surface area (Å²) < 4.78 is 5.46. The van der Waals surface area contributed by atoms with Gasteiger partial charge in [0.1, 0.15) is 11.8 Å². The van der Waals surface area contributed by atoms with Gasteiger partial charge in [-0.05, 0) is 44.4 Å². The van der Waals surface area contributed by atoms with Crippen LogP contribution in [-0.2, 0) is 6.42 Å². The van der Waals surface area contributed by atoms with Crippen molar-refractivity contribution in [3.05, 3.63) is 47.2 Å². The van der Waals surface area contributed by atoms with E-state index in [9.17, 15) is 4.79 Å². The topological polar surface area (TPSA) is 67.2 Å². The lowest BCUT2D eigenvalue weighted by atomic mass is 9.97. The Balaban J connectivity index is 0.00000176. The molecule has 0 spiro atoms. The second-order valence-electron chi connectivity index (χ2n) is 5.37. The number of oxazole rings is 1. The van der Waals surface area contributed by atoms with Gasteiger partial charge in [0, 0.05) is 17.8 Å². The summed E-state index contributed by atoms with van der Waals surface area (Å²) >= 11 is 0. The summed E-state index contributed by atoms with van der Waals surface area (Å²) in [5.41, 5.74) is 2.89. The van der Waals surface area contributed by atoms with Crippen LogP contribution < -0.4 is 10.6 Å². The van der Waals surface area contributed by atoms with Crippen LogP contribution in [0.4, 0.5) is 5.69 Å². The fraction of sp³-hybridized carbons (Fsp3) is 0.375. The van der Waals surface area contributed by atoms with Crippen LogP contribution in [0.5, 0.6) is 0 Å². The van der Waals surface area contributed by atoms with Crippen molar-refractivity contribution in [1.82, 2.24) is 10.3 Å². The molecule has 22 heavy (non-hydrogen) atoms. The third-order valence-electron chi connectivity index (χ3n) is 3.70. The van der Waals surface area contributed by atoms with Crippen molar-refractivity contribution >= 4 is 24.0 Å². The Bertz CT molecular complexity index is 669. The maximum atomic E-state index is 12.5. The first kappa shape index (κ1) is 16.4. The van der Waals surface area contributed by atoms with E-state index in [1.807, 2.05) is 32.0 Å². The summed E-state index contributed by atoms with van der Waals surface area (Å²) in [7, 11) is 0. The van der Waals surface area contributed by atoms with Crippen molar-refractivity contribution in [2.24, 2.45) is 0 Å². The highest BCUT2D eigenvalue weighted by Crippen LogP contribution is 2.25. The number of aryl methyl sites for hydroxylation is 1. The van der Waals surface area contributed by atoms with Gasteiger partial charge in [0.05, 0.1) is 6.20 Å². The molecule has 2 aromatic rings. The van der Waals surface area contributed by atoms with E-state index in [1.165, 1.54) is 0 Å². The molecule has 1 aromatic heterocycles. The summed E-state index contributed by atoms with van der Waals surface area (Å²) in [4.78, 5) is 16.7. The molecule has 1 aliphatic heterocycles. The van der Waals surface area contributed by atoms with Gasteiger partial charge in [-0.3, -0.25) is 4.79 Å². The van der Waals surface area contributed by atoms with Crippen LogP contribution in [0.25, 0.3) is 0 Å². The first-order chi connectivity index (χ1) is 10.1.